The molecule has 0 bridgehead atoms. The van der Waals surface area contributed by atoms with Crippen molar-refractivity contribution < 1.29 is 81.5 Å². The number of hydrogen-bond donors (Lipinski definition) is 11. The summed E-state index contributed by atoms with van der Waals surface area (Å²) in [6.07, 6.45) is 1.42. The Hall–Kier alpha value is -8.03. The Labute approximate surface area is 595 Å². The summed E-state index contributed by atoms with van der Waals surface area (Å²) >= 11 is 0. The number of methoxy groups -OCH3 is 2. The summed E-state index contributed by atoms with van der Waals surface area (Å²) in [7, 11) is 6.07. The lowest BCUT2D eigenvalue weighted by Crippen LogP contribution is -2.60. The average molecular weight is 1420 g/mol. The number of aliphatic hydroxyl groups is 1. The van der Waals surface area contributed by atoms with E-state index in [4.69, 9.17) is 35.3 Å². The smallest absolute Gasteiger partial charge is 0.410 e. The number of carbonyl (C=O) groups excluding carboxylic acids is 11. The second kappa shape index (κ2) is 45.8. The summed E-state index contributed by atoms with van der Waals surface area (Å²) in [6.45, 7) is 18.5. The predicted molar refractivity (Wildman–Crippen MR) is 379 cm³/mol. The van der Waals surface area contributed by atoms with Crippen molar-refractivity contribution in [1.29, 1.82) is 0 Å². The molecule has 0 aliphatic carbocycles. The number of nitrogens with two attached hydrogens (primary N) is 2. The third kappa shape index (κ3) is 29.5. The van der Waals surface area contributed by atoms with E-state index in [1.54, 1.807) is 109 Å². The van der Waals surface area contributed by atoms with Gasteiger partial charge in [0.05, 0.1) is 68.6 Å². The van der Waals surface area contributed by atoms with E-state index in [9.17, 15) is 57.8 Å². The lowest BCUT2D eigenvalue weighted by atomic mass is 9.89. The number of amides is 12. The maximum atomic E-state index is 14.8. The number of hydrazine groups is 1. The van der Waals surface area contributed by atoms with Crippen LogP contribution in [0.25, 0.3) is 0 Å². The molecule has 2 aromatic carbocycles. The van der Waals surface area contributed by atoms with Gasteiger partial charge in [-0.3, -0.25) is 53.5 Å². The minimum atomic E-state index is -1.14. The number of likely N-dealkylation sites (N-methyl/N-ethyl adjacent to an activating group) is 2. The maximum Gasteiger partial charge on any atom is 0.410 e. The third-order valence-corrected chi connectivity index (χ3v) is 18.2. The molecule has 12 atom stereocenters. The lowest BCUT2D eigenvalue weighted by molar-refractivity contribution is -0.148. The molecule has 13 N–H and O–H groups in total. The van der Waals surface area contributed by atoms with Gasteiger partial charge in [-0.15, -0.1) is 0 Å². The normalized spacial score (nSPS) is 16.2. The van der Waals surface area contributed by atoms with Crippen molar-refractivity contribution in [3.8, 4) is 0 Å². The summed E-state index contributed by atoms with van der Waals surface area (Å²) in [5, 5.41) is 30.2. The van der Waals surface area contributed by atoms with E-state index in [1.165, 1.54) is 26.2 Å². The molecule has 0 radical (unpaired) electrons. The molecule has 12 amide bonds. The van der Waals surface area contributed by atoms with Gasteiger partial charge in [0.25, 0.3) is 0 Å². The highest BCUT2D eigenvalue weighted by atomic mass is 16.6. The fourth-order valence-electron chi connectivity index (χ4n) is 12.2. The van der Waals surface area contributed by atoms with E-state index in [2.05, 4.69) is 42.6 Å². The Morgan fingerprint density at radius 3 is 1.90 bits per heavy atom. The molecule has 1 fully saturated rings. The molecule has 1 aliphatic heterocycles. The Bertz CT molecular complexity index is 2930. The van der Waals surface area contributed by atoms with Gasteiger partial charge in [0.2, 0.25) is 53.2 Å². The molecule has 2 aromatic rings. The zero-order valence-corrected chi connectivity index (χ0v) is 61.8. The van der Waals surface area contributed by atoms with Gasteiger partial charge in [-0.2, -0.15) is 0 Å². The summed E-state index contributed by atoms with van der Waals surface area (Å²) < 4.78 is 28.7. The number of unbranched alkanes of at least 4 members (excludes halogenated alkanes) is 2. The van der Waals surface area contributed by atoms with E-state index in [1.807, 2.05) is 32.0 Å². The average Bonchev–Trinajstić information content (AvgIpc) is 1.80. The Kier molecular flexibility index (Phi) is 39.5. The summed E-state index contributed by atoms with van der Waals surface area (Å²) in [5.41, 5.74) is 8.82. The zero-order chi connectivity index (χ0) is 75.5. The molecule has 568 valence electrons. The molecule has 1 unspecified atom stereocenters. The lowest BCUT2D eigenvalue weighted by Gasteiger charge is -2.41. The van der Waals surface area contributed by atoms with E-state index < -0.39 is 133 Å². The molecule has 1 heterocycles. The number of nitrogens with zero attached hydrogens (tertiary/aromatic N) is 3. The number of hydrogen-bond acceptors (Lipinski definition) is 18. The van der Waals surface area contributed by atoms with Crippen molar-refractivity contribution in [2.75, 3.05) is 79.7 Å². The fourth-order valence-corrected chi connectivity index (χ4v) is 12.2. The van der Waals surface area contributed by atoms with Crippen LogP contribution in [0.4, 0.5) is 15.3 Å². The standard InChI is InChI=1S/C71H117N13O17/c1-15-46(8)62(54(97-13)40-58(88)84-36-23-27-53(84)64(98-14)47(9)65(90)76-48(10)63(89)50-24-18-16-19-25-50)82(11)69(94)60(44(4)5)80-68(93)61(45(6)7)83(12)71(96)101-41-49-30-32-51(33-31-49)77-66(91)52(26-22-34-75-70(72)95)78-67(92)59(43(2)3)79-57(87)42-100-39-38-99-37-35-74-55(85)28-20-17-21-29-56(86)81-73/h16,18-19,24-25,30-33,43-48,52-54,59-64,89H,15,17,20-23,26-29,34-42,73H2,1-14H3,(H,74,85)(H,76,90)(H,77,91)(H,78,92)(H,79,87)(H,80,93)(H,81,86)(H3,72,75,95)/t46-,47+,48+,52-,53-,54+,59-,60-,61?,62-,63+,64+/m0/s1. The summed E-state index contributed by atoms with van der Waals surface area (Å²) in [4.78, 5) is 151. The Morgan fingerprint density at radius 1 is 0.663 bits per heavy atom. The molecule has 101 heavy (non-hydrogen) atoms. The van der Waals surface area contributed by atoms with Gasteiger partial charge in [0, 0.05) is 66.5 Å². The maximum absolute atomic E-state index is 14.8. The molecule has 0 aromatic heterocycles. The predicted octanol–water partition coefficient (Wildman–Crippen LogP) is 3.68. The number of aliphatic hydroxyl groups excluding tert-OH is 1. The van der Waals surface area contributed by atoms with Crippen LogP contribution in [0.1, 0.15) is 157 Å². The highest BCUT2D eigenvalue weighted by Crippen LogP contribution is 2.31. The molecular weight excluding hydrogens is 1310 g/mol. The van der Waals surface area contributed by atoms with Crippen LogP contribution in [0, 0.1) is 29.6 Å². The highest BCUT2D eigenvalue weighted by Gasteiger charge is 2.44. The van der Waals surface area contributed by atoms with Crippen molar-refractivity contribution in [2.45, 2.75) is 207 Å². The van der Waals surface area contributed by atoms with Gasteiger partial charge in [-0.1, -0.05) is 118 Å². The molecule has 30 nitrogen and oxygen atoms in total. The van der Waals surface area contributed by atoms with Gasteiger partial charge in [-0.25, -0.2) is 15.4 Å². The van der Waals surface area contributed by atoms with Crippen LogP contribution in [-0.4, -0.2) is 214 Å². The number of benzene rings is 2. The number of primary amides is 1. The largest absolute Gasteiger partial charge is 0.445 e. The number of urea groups is 1. The van der Waals surface area contributed by atoms with Gasteiger partial charge >= 0.3 is 12.1 Å². The number of ether oxygens (including phenoxy) is 5. The second-order valence-electron chi connectivity index (χ2n) is 26.9. The van der Waals surface area contributed by atoms with Crippen LogP contribution in [-0.2, 0) is 73.4 Å². The Balaban J connectivity index is 1.62. The SMILES string of the molecule is CC[C@H](C)[C@@H]([C@@H](CC(=O)N1CCC[C@H]1[C@H](OC)[C@@H](C)C(=O)N[C@H](C)[C@@H](O)c1ccccc1)OC)N(C)C(=O)[C@@H](NC(=O)C(C(C)C)N(C)C(=O)OCc1ccc(NC(=O)[C@H](CCCNC(N)=O)NC(=O)[C@@H](NC(=O)COCCOCCNC(=O)CCCCCC(=O)NN)C(C)C)cc1)C(C)C. The number of rotatable bonds is 46. The zero-order valence-electron chi connectivity index (χ0n) is 61.8. The number of carbonyl (C=O) groups is 11. The van der Waals surface area contributed by atoms with Crippen molar-refractivity contribution in [1.82, 2.24) is 52.0 Å². The second-order valence-corrected chi connectivity index (χ2v) is 26.9. The molecule has 3 rings (SSSR count). The fraction of sp³-hybridized carbons (Fsp3) is 0.676. The third-order valence-electron chi connectivity index (χ3n) is 18.2. The van der Waals surface area contributed by atoms with E-state index >= 15 is 0 Å². The monoisotopic (exact) mass is 1420 g/mol. The number of nitrogens with one attached hydrogen (secondary N) is 8. The first-order valence-electron chi connectivity index (χ1n) is 35.2. The molecule has 0 saturated carbocycles. The molecular formula is C71H117N13O17. The summed E-state index contributed by atoms with van der Waals surface area (Å²) in [5.74, 6) is -0.957. The van der Waals surface area contributed by atoms with Gasteiger partial charge in [0.15, 0.2) is 0 Å². The van der Waals surface area contributed by atoms with Crippen LogP contribution in [0.5, 0.6) is 0 Å². The van der Waals surface area contributed by atoms with Crippen LogP contribution < -0.4 is 54.2 Å². The van der Waals surface area contributed by atoms with Crippen LogP contribution in [0.2, 0.25) is 0 Å². The van der Waals surface area contributed by atoms with E-state index in [0.717, 1.165) is 0 Å². The number of likely N-dealkylation sites (tertiary alicyclic amines) is 1. The molecule has 1 saturated heterocycles. The van der Waals surface area contributed by atoms with Gasteiger partial charge < -0.3 is 81.5 Å². The van der Waals surface area contributed by atoms with Crippen LogP contribution in [0.15, 0.2) is 54.6 Å². The van der Waals surface area contributed by atoms with Crippen molar-refractivity contribution >= 4 is 71.0 Å². The molecule has 0 spiro atoms. The molecule has 30 heteroatoms. The summed E-state index contributed by atoms with van der Waals surface area (Å²) in [6, 6.07) is 8.56. The quantitative estimate of drug-likeness (QED) is 0.0195. The van der Waals surface area contributed by atoms with Crippen LogP contribution in [0.3, 0.4) is 0 Å². The van der Waals surface area contributed by atoms with E-state index in [-0.39, 0.29) is 88.3 Å². The first-order chi connectivity index (χ1) is 47.9. The van der Waals surface area contributed by atoms with Crippen molar-refractivity contribution in [2.24, 2.45) is 41.2 Å². The van der Waals surface area contributed by atoms with E-state index in [0.29, 0.717) is 74.7 Å². The van der Waals surface area contributed by atoms with Crippen molar-refractivity contribution in [3.63, 3.8) is 0 Å². The minimum Gasteiger partial charge on any atom is -0.445 e. The van der Waals surface area contributed by atoms with Crippen LogP contribution >= 0.6 is 0 Å². The first-order valence-corrected chi connectivity index (χ1v) is 35.2. The van der Waals surface area contributed by atoms with Gasteiger partial charge in [-0.05, 0) is 92.4 Å². The minimum absolute atomic E-state index is 0.0487. The molecule has 1 aliphatic rings. The Morgan fingerprint density at radius 2 is 1.31 bits per heavy atom. The van der Waals surface area contributed by atoms with Gasteiger partial charge in [0.1, 0.15) is 37.4 Å². The highest BCUT2D eigenvalue weighted by molar-refractivity contribution is 5.98. The topological polar surface area (TPSA) is 412 Å². The first kappa shape index (κ1) is 87.2. The number of anilines is 1. The van der Waals surface area contributed by atoms with Crippen molar-refractivity contribution in [3.05, 3.63) is 65.7 Å².